The lowest BCUT2D eigenvalue weighted by Gasteiger charge is -2.35. The predicted molar refractivity (Wildman–Crippen MR) is 59.0 cm³/mol. The van der Waals surface area contributed by atoms with Crippen molar-refractivity contribution in [3.8, 4) is 0 Å². The van der Waals surface area contributed by atoms with Crippen molar-refractivity contribution in [3.63, 3.8) is 0 Å². The first-order valence-corrected chi connectivity index (χ1v) is 5.60. The Balaban J connectivity index is 2.55. The molecule has 0 saturated carbocycles. The average Bonchev–Trinajstić information content (AvgIpc) is 2.35. The molecule has 16 heavy (non-hydrogen) atoms. The van der Waals surface area contributed by atoms with Crippen molar-refractivity contribution < 1.29 is 19.0 Å². The Morgan fingerprint density at radius 1 is 1.31 bits per heavy atom. The highest BCUT2D eigenvalue weighted by Crippen LogP contribution is 2.18. The molecule has 0 N–H and O–H groups in total. The summed E-state index contributed by atoms with van der Waals surface area (Å²) in [4.78, 5) is 13.7. The molecule has 0 spiro atoms. The Labute approximate surface area is 96.6 Å². The summed E-state index contributed by atoms with van der Waals surface area (Å²) in [7, 11) is 4.63. The Morgan fingerprint density at radius 3 is 2.56 bits per heavy atom. The zero-order chi connectivity index (χ0) is 12.0. The van der Waals surface area contributed by atoms with Crippen LogP contribution in [0.25, 0.3) is 0 Å². The van der Waals surface area contributed by atoms with E-state index >= 15 is 0 Å². The number of hydrogen-bond acceptors (Lipinski definition) is 5. The van der Waals surface area contributed by atoms with Crippen molar-refractivity contribution >= 4 is 5.97 Å². The summed E-state index contributed by atoms with van der Waals surface area (Å²) in [6.07, 6.45) is 2.74. The van der Waals surface area contributed by atoms with E-state index in [4.69, 9.17) is 14.2 Å². The first-order chi connectivity index (χ1) is 7.72. The van der Waals surface area contributed by atoms with Gasteiger partial charge in [-0.2, -0.15) is 0 Å². The van der Waals surface area contributed by atoms with Crippen molar-refractivity contribution in [3.05, 3.63) is 0 Å². The summed E-state index contributed by atoms with van der Waals surface area (Å²) in [5.41, 5.74) is 0. The third-order valence-corrected chi connectivity index (χ3v) is 3.00. The highest BCUT2D eigenvalue weighted by atomic mass is 16.7. The van der Waals surface area contributed by atoms with Crippen LogP contribution in [0.5, 0.6) is 0 Å². The van der Waals surface area contributed by atoms with Gasteiger partial charge in [-0.05, 0) is 19.4 Å². The van der Waals surface area contributed by atoms with Crippen LogP contribution < -0.4 is 0 Å². The second kappa shape index (κ2) is 6.83. The summed E-state index contributed by atoms with van der Waals surface area (Å²) < 4.78 is 15.1. The van der Waals surface area contributed by atoms with E-state index < -0.39 is 0 Å². The Bertz CT molecular complexity index is 218. The van der Waals surface area contributed by atoms with Crippen molar-refractivity contribution in [1.82, 2.24) is 4.90 Å². The second-order valence-corrected chi connectivity index (χ2v) is 3.93. The van der Waals surface area contributed by atoms with Crippen molar-refractivity contribution in [2.24, 2.45) is 0 Å². The zero-order valence-electron chi connectivity index (χ0n) is 10.3. The molecule has 1 rings (SSSR count). The molecule has 0 aromatic carbocycles. The van der Waals surface area contributed by atoms with Crippen LogP contribution in [-0.2, 0) is 19.0 Å². The minimum atomic E-state index is -0.287. The van der Waals surface area contributed by atoms with Gasteiger partial charge >= 0.3 is 5.97 Å². The van der Waals surface area contributed by atoms with Crippen LogP contribution in [0.1, 0.15) is 19.3 Å². The molecule has 0 aromatic rings. The molecule has 1 heterocycles. The Kier molecular flexibility index (Phi) is 5.73. The van der Waals surface area contributed by atoms with Gasteiger partial charge in [-0.15, -0.1) is 0 Å². The molecule has 0 aromatic heterocycles. The number of hydrogen-bond donors (Lipinski definition) is 0. The van der Waals surface area contributed by atoms with Gasteiger partial charge in [0, 0.05) is 14.2 Å². The Morgan fingerprint density at radius 2 is 2.00 bits per heavy atom. The maximum Gasteiger partial charge on any atom is 0.323 e. The quantitative estimate of drug-likeness (QED) is 0.513. The fourth-order valence-corrected chi connectivity index (χ4v) is 2.05. The van der Waals surface area contributed by atoms with Crippen LogP contribution in [0.4, 0.5) is 0 Å². The largest absolute Gasteiger partial charge is 0.468 e. The number of rotatable bonds is 5. The van der Waals surface area contributed by atoms with E-state index in [0.717, 1.165) is 25.8 Å². The second-order valence-electron chi connectivity index (χ2n) is 3.93. The summed E-state index contributed by atoms with van der Waals surface area (Å²) in [5, 5.41) is 0. The summed E-state index contributed by atoms with van der Waals surface area (Å²) in [6.45, 7) is 1.50. The first kappa shape index (κ1) is 13.4. The molecule has 0 bridgehead atoms. The van der Waals surface area contributed by atoms with E-state index in [2.05, 4.69) is 4.90 Å². The molecule has 1 atom stereocenters. The minimum absolute atomic E-state index is 0.147. The molecular formula is C11H21NO4. The van der Waals surface area contributed by atoms with Crippen molar-refractivity contribution in [1.29, 1.82) is 0 Å². The van der Waals surface area contributed by atoms with Crippen LogP contribution in [-0.4, -0.2) is 57.6 Å². The van der Waals surface area contributed by atoms with Crippen LogP contribution in [0.3, 0.4) is 0 Å². The van der Waals surface area contributed by atoms with Crippen LogP contribution in [0.2, 0.25) is 0 Å². The average molecular weight is 231 g/mol. The summed E-state index contributed by atoms with van der Waals surface area (Å²) >= 11 is 0. The fourth-order valence-electron chi connectivity index (χ4n) is 2.05. The summed E-state index contributed by atoms with van der Waals surface area (Å²) in [6, 6.07) is -0.147. The molecule has 0 radical (unpaired) electrons. The first-order valence-electron chi connectivity index (χ1n) is 5.60. The van der Waals surface area contributed by atoms with E-state index in [0.29, 0.717) is 6.54 Å². The summed E-state index contributed by atoms with van der Waals surface area (Å²) in [5.74, 6) is -0.161. The number of nitrogens with zero attached hydrogens (tertiary/aromatic N) is 1. The molecule has 0 aliphatic carbocycles. The molecular weight excluding hydrogens is 210 g/mol. The maximum absolute atomic E-state index is 11.6. The van der Waals surface area contributed by atoms with E-state index in [9.17, 15) is 4.79 Å². The number of likely N-dealkylation sites (tertiary alicyclic amines) is 1. The molecule has 5 nitrogen and oxygen atoms in total. The number of methoxy groups -OCH3 is 3. The molecule has 1 saturated heterocycles. The lowest BCUT2D eigenvalue weighted by atomic mass is 10.0. The van der Waals surface area contributed by atoms with E-state index in [1.807, 2.05) is 0 Å². The SMILES string of the molecule is COC(=O)C1CCCCN1CC(OC)OC. The predicted octanol–water partition coefficient (Wildman–Crippen LogP) is 0.633. The Hall–Kier alpha value is -0.650. The van der Waals surface area contributed by atoms with E-state index in [1.165, 1.54) is 7.11 Å². The van der Waals surface area contributed by atoms with Crippen LogP contribution >= 0.6 is 0 Å². The number of carbonyl (C=O) groups excluding carboxylic acids is 1. The van der Waals surface area contributed by atoms with Crippen molar-refractivity contribution in [2.45, 2.75) is 31.6 Å². The fraction of sp³-hybridized carbons (Fsp3) is 0.909. The van der Waals surface area contributed by atoms with Crippen LogP contribution in [0.15, 0.2) is 0 Å². The molecule has 5 heteroatoms. The van der Waals surface area contributed by atoms with Gasteiger partial charge in [0.1, 0.15) is 6.04 Å². The minimum Gasteiger partial charge on any atom is -0.468 e. The third kappa shape index (κ3) is 3.43. The molecule has 0 amide bonds. The van der Waals surface area contributed by atoms with E-state index in [1.54, 1.807) is 14.2 Å². The number of piperidine rings is 1. The van der Waals surface area contributed by atoms with Gasteiger partial charge in [-0.3, -0.25) is 9.69 Å². The lowest BCUT2D eigenvalue weighted by molar-refractivity contribution is -0.155. The van der Waals surface area contributed by atoms with Gasteiger partial charge in [-0.1, -0.05) is 6.42 Å². The molecule has 1 aliphatic heterocycles. The smallest absolute Gasteiger partial charge is 0.323 e. The number of esters is 1. The highest BCUT2D eigenvalue weighted by Gasteiger charge is 2.30. The van der Waals surface area contributed by atoms with E-state index in [-0.39, 0.29) is 18.3 Å². The zero-order valence-corrected chi connectivity index (χ0v) is 10.3. The molecule has 94 valence electrons. The normalized spacial score (nSPS) is 22.4. The number of ether oxygens (including phenoxy) is 3. The monoisotopic (exact) mass is 231 g/mol. The van der Waals surface area contributed by atoms with Gasteiger partial charge < -0.3 is 14.2 Å². The molecule has 1 unspecified atom stereocenters. The number of carbonyl (C=O) groups is 1. The van der Waals surface area contributed by atoms with Gasteiger partial charge in [0.25, 0.3) is 0 Å². The van der Waals surface area contributed by atoms with Gasteiger partial charge in [0.05, 0.1) is 13.7 Å². The van der Waals surface area contributed by atoms with Gasteiger partial charge in [0.2, 0.25) is 0 Å². The van der Waals surface area contributed by atoms with Crippen molar-refractivity contribution in [2.75, 3.05) is 34.4 Å². The molecule has 1 aliphatic rings. The van der Waals surface area contributed by atoms with Gasteiger partial charge in [0.15, 0.2) is 6.29 Å². The highest BCUT2D eigenvalue weighted by molar-refractivity contribution is 5.75. The maximum atomic E-state index is 11.6. The standard InChI is InChI=1S/C11H21NO4/c1-14-10(15-2)8-12-7-5-4-6-9(12)11(13)16-3/h9-10H,4-8H2,1-3H3. The topological polar surface area (TPSA) is 48.0 Å². The lowest BCUT2D eigenvalue weighted by Crippen LogP contribution is -2.48. The third-order valence-electron chi connectivity index (χ3n) is 3.00. The van der Waals surface area contributed by atoms with Gasteiger partial charge in [-0.25, -0.2) is 0 Å². The molecule has 1 fully saturated rings. The van der Waals surface area contributed by atoms with Crippen LogP contribution in [0, 0.1) is 0 Å².